The van der Waals surface area contributed by atoms with E-state index in [1.807, 2.05) is 25.6 Å². The quantitative estimate of drug-likeness (QED) is 0.908. The van der Waals surface area contributed by atoms with Crippen LogP contribution in [-0.4, -0.2) is 38.6 Å². The molecule has 2 atom stereocenters. The molecular weight excluding hydrogens is 286 g/mol. The molecule has 0 bridgehead atoms. The van der Waals surface area contributed by atoms with Gasteiger partial charge < -0.3 is 10.1 Å². The van der Waals surface area contributed by atoms with Gasteiger partial charge in [0.05, 0.1) is 11.7 Å². The summed E-state index contributed by atoms with van der Waals surface area (Å²) in [6, 6.07) is -0.120. The summed E-state index contributed by atoms with van der Waals surface area (Å²) in [6.45, 7) is 6.24. The number of hydrogen-bond donors (Lipinski definition) is 1. The van der Waals surface area contributed by atoms with Crippen LogP contribution in [0.2, 0.25) is 0 Å². The van der Waals surface area contributed by atoms with E-state index >= 15 is 0 Å². The molecule has 8 nitrogen and oxygen atoms in total. The van der Waals surface area contributed by atoms with E-state index in [0.29, 0.717) is 12.3 Å². The third kappa shape index (κ3) is 2.39. The number of aromatic nitrogens is 4. The predicted molar refractivity (Wildman–Crippen MR) is 76.3 cm³/mol. The minimum absolute atomic E-state index is 0.120. The monoisotopic (exact) mass is 305 g/mol. The summed E-state index contributed by atoms with van der Waals surface area (Å²) in [7, 11) is 1.90. The second-order valence-electron chi connectivity index (χ2n) is 5.57. The molecule has 0 unspecified atom stereocenters. The molecule has 22 heavy (non-hydrogen) atoms. The van der Waals surface area contributed by atoms with Crippen LogP contribution in [-0.2, 0) is 11.8 Å². The molecule has 0 aromatic carbocycles. The largest absolute Gasteiger partial charge is 0.371 e. The van der Waals surface area contributed by atoms with Crippen molar-refractivity contribution in [2.45, 2.75) is 39.3 Å². The number of aryl methyl sites for hydroxylation is 3. The summed E-state index contributed by atoms with van der Waals surface area (Å²) < 4.78 is 12.3. The summed E-state index contributed by atoms with van der Waals surface area (Å²) in [5.74, 6) is -0.293. The minimum Gasteiger partial charge on any atom is -0.371 e. The second-order valence-corrected chi connectivity index (χ2v) is 5.57. The topological polar surface area (TPSA) is 95.1 Å². The Morgan fingerprint density at radius 3 is 2.64 bits per heavy atom. The Labute approximate surface area is 127 Å². The molecule has 1 N–H and O–H groups in total. The van der Waals surface area contributed by atoms with Crippen molar-refractivity contribution < 1.29 is 14.2 Å². The smallest absolute Gasteiger partial charge is 0.275 e. The fourth-order valence-corrected chi connectivity index (χ4v) is 2.90. The highest BCUT2D eigenvalue weighted by molar-refractivity contribution is 5.93. The van der Waals surface area contributed by atoms with Crippen molar-refractivity contribution in [3.63, 3.8) is 0 Å². The number of rotatable bonds is 3. The van der Waals surface area contributed by atoms with Gasteiger partial charge in [-0.3, -0.25) is 9.48 Å². The summed E-state index contributed by atoms with van der Waals surface area (Å²) in [4.78, 5) is 12.3. The first-order chi connectivity index (χ1) is 10.5. The highest BCUT2D eigenvalue weighted by Gasteiger charge is 2.35. The van der Waals surface area contributed by atoms with Crippen molar-refractivity contribution in [1.82, 2.24) is 25.4 Å². The van der Waals surface area contributed by atoms with E-state index in [-0.39, 0.29) is 23.7 Å². The minimum atomic E-state index is -0.293. The Morgan fingerprint density at radius 2 is 2.05 bits per heavy atom. The third-order valence-electron chi connectivity index (χ3n) is 4.13. The third-order valence-corrected chi connectivity index (χ3v) is 4.13. The zero-order valence-corrected chi connectivity index (χ0v) is 13.1. The zero-order valence-electron chi connectivity index (χ0n) is 13.1. The van der Waals surface area contributed by atoms with Crippen LogP contribution in [0.5, 0.6) is 0 Å². The van der Waals surface area contributed by atoms with Gasteiger partial charge in [-0.1, -0.05) is 5.16 Å². The number of carbonyl (C=O) groups is 1. The zero-order chi connectivity index (χ0) is 15.9. The molecule has 0 spiro atoms. The average Bonchev–Trinajstić information content (AvgIpc) is 3.13. The molecule has 1 fully saturated rings. The SMILES string of the molecule is Cc1nonc1C(=O)N[C@H]1CCO[C@@H]1c1c(C)nn(C)c1C. The van der Waals surface area contributed by atoms with E-state index in [0.717, 1.165) is 23.4 Å². The van der Waals surface area contributed by atoms with Gasteiger partial charge in [-0.15, -0.1) is 0 Å². The first-order valence-corrected chi connectivity index (χ1v) is 7.20. The van der Waals surface area contributed by atoms with Crippen LogP contribution < -0.4 is 5.32 Å². The van der Waals surface area contributed by atoms with Crippen LogP contribution >= 0.6 is 0 Å². The van der Waals surface area contributed by atoms with Crippen LogP contribution in [0.4, 0.5) is 0 Å². The first-order valence-electron chi connectivity index (χ1n) is 7.20. The molecule has 0 radical (unpaired) electrons. The molecule has 1 aliphatic rings. The Hall–Kier alpha value is -2.22. The number of carbonyl (C=O) groups excluding carboxylic acids is 1. The molecule has 8 heteroatoms. The first kappa shape index (κ1) is 14.7. The fourth-order valence-electron chi connectivity index (χ4n) is 2.90. The molecular formula is C14H19N5O3. The molecule has 0 aliphatic carbocycles. The number of nitrogens with zero attached hydrogens (tertiary/aromatic N) is 4. The molecule has 1 saturated heterocycles. The molecule has 3 heterocycles. The molecule has 3 rings (SSSR count). The maximum absolute atomic E-state index is 12.3. The van der Waals surface area contributed by atoms with Gasteiger partial charge in [-0.2, -0.15) is 5.10 Å². The highest BCUT2D eigenvalue weighted by Crippen LogP contribution is 2.33. The lowest BCUT2D eigenvalue weighted by atomic mass is 10.00. The second kappa shape index (κ2) is 5.53. The Balaban J connectivity index is 1.82. The molecule has 2 aromatic heterocycles. The average molecular weight is 305 g/mol. The van der Waals surface area contributed by atoms with Gasteiger partial charge in [-0.05, 0) is 32.3 Å². The van der Waals surface area contributed by atoms with Gasteiger partial charge in [0.15, 0.2) is 5.69 Å². The van der Waals surface area contributed by atoms with Crippen LogP contribution in [0.1, 0.15) is 45.7 Å². The van der Waals surface area contributed by atoms with E-state index in [4.69, 9.17) is 4.74 Å². The van der Waals surface area contributed by atoms with Crippen molar-refractivity contribution >= 4 is 5.91 Å². The summed E-state index contributed by atoms with van der Waals surface area (Å²) in [5.41, 5.74) is 3.70. The lowest BCUT2D eigenvalue weighted by Crippen LogP contribution is -2.37. The van der Waals surface area contributed by atoms with Crippen LogP contribution in [0.15, 0.2) is 4.63 Å². The van der Waals surface area contributed by atoms with Crippen molar-refractivity contribution in [1.29, 1.82) is 0 Å². The number of amides is 1. The van der Waals surface area contributed by atoms with Gasteiger partial charge in [0.1, 0.15) is 11.8 Å². The number of hydrogen-bond acceptors (Lipinski definition) is 6. The van der Waals surface area contributed by atoms with E-state index in [9.17, 15) is 4.79 Å². The number of nitrogens with one attached hydrogen (secondary N) is 1. The maximum atomic E-state index is 12.3. The van der Waals surface area contributed by atoms with Crippen molar-refractivity contribution in [3.8, 4) is 0 Å². The van der Waals surface area contributed by atoms with E-state index < -0.39 is 0 Å². The maximum Gasteiger partial charge on any atom is 0.275 e. The highest BCUT2D eigenvalue weighted by atomic mass is 16.6. The molecule has 1 aliphatic heterocycles. The molecule has 0 saturated carbocycles. The van der Waals surface area contributed by atoms with Crippen LogP contribution in [0.25, 0.3) is 0 Å². The normalized spacial score (nSPS) is 21.3. The predicted octanol–water partition coefficient (Wildman–Crippen LogP) is 0.988. The van der Waals surface area contributed by atoms with Gasteiger partial charge in [0, 0.05) is 24.9 Å². The van der Waals surface area contributed by atoms with E-state index in [1.54, 1.807) is 6.92 Å². The molecule has 2 aromatic rings. The Bertz CT molecular complexity index is 705. The molecule has 118 valence electrons. The van der Waals surface area contributed by atoms with E-state index in [1.165, 1.54) is 0 Å². The lowest BCUT2D eigenvalue weighted by molar-refractivity contribution is 0.0810. The molecule has 1 amide bonds. The van der Waals surface area contributed by atoms with Gasteiger partial charge in [0.2, 0.25) is 0 Å². The fraction of sp³-hybridized carbons (Fsp3) is 0.571. The summed E-state index contributed by atoms with van der Waals surface area (Å²) in [6.07, 6.45) is 0.548. The van der Waals surface area contributed by atoms with E-state index in [2.05, 4.69) is 25.4 Å². The van der Waals surface area contributed by atoms with Crippen LogP contribution in [0.3, 0.4) is 0 Å². The number of ether oxygens (including phenoxy) is 1. The summed E-state index contributed by atoms with van der Waals surface area (Å²) in [5, 5.41) is 14.7. The Kier molecular flexibility index (Phi) is 3.69. The van der Waals surface area contributed by atoms with Crippen molar-refractivity contribution in [2.24, 2.45) is 7.05 Å². The van der Waals surface area contributed by atoms with Crippen molar-refractivity contribution in [3.05, 3.63) is 28.3 Å². The lowest BCUT2D eigenvalue weighted by Gasteiger charge is -2.20. The van der Waals surface area contributed by atoms with Gasteiger partial charge in [-0.25, -0.2) is 4.63 Å². The standard InChI is InChI=1S/C14H19N5O3/c1-7-11(9(3)19(4)16-7)13-10(5-6-21-13)15-14(20)12-8(2)17-22-18-12/h10,13H,5-6H2,1-4H3,(H,15,20)/t10-,13-/m0/s1. The van der Waals surface area contributed by atoms with Gasteiger partial charge in [0.25, 0.3) is 5.91 Å². The Morgan fingerprint density at radius 1 is 1.27 bits per heavy atom. The van der Waals surface area contributed by atoms with Gasteiger partial charge >= 0.3 is 0 Å². The van der Waals surface area contributed by atoms with Crippen molar-refractivity contribution in [2.75, 3.05) is 6.61 Å². The van der Waals surface area contributed by atoms with Crippen LogP contribution in [0, 0.1) is 20.8 Å². The summed E-state index contributed by atoms with van der Waals surface area (Å²) >= 11 is 0.